The van der Waals surface area contributed by atoms with E-state index in [1.54, 1.807) is 0 Å². The Balaban J connectivity index is 1.83. The number of aliphatic hydroxyl groups is 1. The lowest BCUT2D eigenvalue weighted by Gasteiger charge is -2.19. The van der Waals surface area contributed by atoms with Gasteiger partial charge in [-0.25, -0.2) is 0 Å². The van der Waals surface area contributed by atoms with E-state index >= 15 is 0 Å². The van der Waals surface area contributed by atoms with Crippen molar-refractivity contribution in [1.82, 2.24) is 14.8 Å². The van der Waals surface area contributed by atoms with Crippen LogP contribution in [0.25, 0.3) is 0 Å². The highest BCUT2D eigenvalue weighted by Gasteiger charge is 2.21. The van der Waals surface area contributed by atoms with Gasteiger partial charge >= 0.3 is 0 Å². The highest BCUT2D eigenvalue weighted by molar-refractivity contribution is 9.10. The fourth-order valence-electron chi connectivity index (χ4n) is 2.29. The van der Waals surface area contributed by atoms with Gasteiger partial charge in [-0.3, -0.25) is 0 Å². The zero-order chi connectivity index (χ0) is 12.5. The van der Waals surface area contributed by atoms with E-state index in [0.717, 1.165) is 35.5 Å². The summed E-state index contributed by atoms with van der Waals surface area (Å²) in [6, 6.07) is 8.24. The van der Waals surface area contributed by atoms with Crippen LogP contribution in [0.2, 0.25) is 0 Å². The number of aromatic nitrogens is 3. The molecule has 1 aliphatic heterocycles. The minimum atomic E-state index is -0.262. The molecule has 1 aromatic heterocycles. The molecule has 1 aromatic carbocycles. The number of nitrogens with zero attached hydrogens (tertiary/aromatic N) is 3. The van der Waals surface area contributed by atoms with Crippen LogP contribution in [0.3, 0.4) is 0 Å². The SMILES string of the molecule is OC1CCn2c(Cc3ccc(Br)cc3)nnc2C1. The maximum absolute atomic E-state index is 9.60. The Kier molecular flexibility index (Phi) is 3.18. The molecule has 5 heteroatoms. The number of hydrogen-bond acceptors (Lipinski definition) is 3. The Hall–Kier alpha value is -1.20. The van der Waals surface area contributed by atoms with E-state index < -0.39 is 0 Å². The first-order valence-corrected chi connectivity index (χ1v) is 6.85. The Morgan fingerprint density at radius 2 is 2.06 bits per heavy atom. The first-order chi connectivity index (χ1) is 8.72. The monoisotopic (exact) mass is 307 g/mol. The molecule has 1 N–H and O–H groups in total. The molecule has 0 amide bonds. The fourth-order valence-corrected chi connectivity index (χ4v) is 2.55. The average molecular weight is 308 g/mol. The van der Waals surface area contributed by atoms with Crippen LogP contribution in [0.4, 0.5) is 0 Å². The van der Waals surface area contributed by atoms with Gasteiger partial charge in [0.15, 0.2) is 0 Å². The van der Waals surface area contributed by atoms with Crippen LogP contribution in [0.1, 0.15) is 23.6 Å². The lowest BCUT2D eigenvalue weighted by atomic mass is 10.1. The van der Waals surface area contributed by atoms with Gasteiger partial charge in [0.2, 0.25) is 0 Å². The molecule has 94 valence electrons. The number of benzene rings is 1. The summed E-state index contributed by atoms with van der Waals surface area (Å²) in [6.07, 6.45) is 1.93. The first-order valence-electron chi connectivity index (χ1n) is 6.06. The molecule has 3 rings (SSSR count). The number of halogens is 1. The normalized spacial score (nSPS) is 18.7. The molecule has 0 saturated heterocycles. The van der Waals surface area contributed by atoms with Gasteiger partial charge in [-0.2, -0.15) is 0 Å². The molecule has 4 nitrogen and oxygen atoms in total. The van der Waals surface area contributed by atoms with Crippen LogP contribution in [-0.2, 0) is 19.4 Å². The summed E-state index contributed by atoms with van der Waals surface area (Å²) in [4.78, 5) is 0. The molecular formula is C13H14BrN3O. The van der Waals surface area contributed by atoms with E-state index in [1.807, 2.05) is 12.1 Å². The van der Waals surface area contributed by atoms with Gasteiger partial charge in [0.25, 0.3) is 0 Å². The number of aliphatic hydroxyl groups excluding tert-OH is 1. The summed E-state index contributed by atoms with van der Waals surface area (Å²) in [5, 5.41) is 18.0. The highest BCUT2D eigenvalue weighted by Crippen LogP contribution is 2.18. The molecule has 18 heavy (non-hydrogen) atoms. The second-order valence-corrected chi connectivity index (χ2v) is 5.55. The Morgan fingerprint density at radius 3 is 2.83 bits per heavy atom. The van der Waals surface area contributed by atoms with Gasteiger partial charge in [0.1, 0.15) is 11.6 Å². The highest BCUT2D eigenvalue weighted by atomic mass is 79.9. The smallest absolute Gasteiger partial charge is 0.137 e. The average Bonchev–Trinajstić information content (AvgIpc) is 2.74. The third-order valence-electron chi connectivity index (χ3n) is 3.28. The molecule has 0 radical (unpaired) electrons. The molecule has 2 heterocycles. The van der Waals surface area contributed by atoms with Crippen molar-refractivity contribution in [2.75, 3.05) is 0 Å². The Labute approximate surface area is 114 Å². The molecule has 0 aliphatic carbocycles. The van der Waals surface area contributed by atoms with Gasteiger partial charge in [-0.15, -0.1) is 10.2 Å². The lowest BCUT2D eigenvalue weighted by molar-refractivity contribution is 0.141. The summed E-state index contributed by atoms with van der Waals surface area (Å²) in [7, 11) is 0. The molecule has 0 fully saturated rings. The van der Waals surface area contributed by atoms with Crippen LogP contribution in [0.15, 0.2) is 28.7 Å². The van der Waals surface area contributed by atoms with E-state index in [9.17, 15) is 5.11 Å². The van der Waals surface area contributed by atoms with Crippen molar-refractivity contribution in [1.29, 1.82) is 0 Å². The number of fused-ring (bicyclic) bond motifs is 1. The molecule has 0 bridgehead atoms. The molecule has 1 atom stereocenters. The quantitative estimate of drug-likeness (QED) is 0.922. The van der Waals surface area contributed by atoms with Crippen LogP contribution in [0.5, 0.6) is 0 Å². The van der Waals surface area contributed by atoms with E-state index in [0.29, 0.717) is 6.42 Å². The number of rotatable bonds is 2. The summed E-state index contributed by atoms with van der Waals surface area (Å²) in [6.45, 7) is 0.815. The van der Waals surface area contributed by atoms with Crippen molar-refractivity contribution in [2.45, 2.75) is 31.9 Å². The molecule has 0 saturated carbocycles. The molecule has 2 aromatic rings. The van der Waals surface area contributed by atoms with Crippen molar-refractivity contribution in [3.8, 4) is 0 Å². The first kappa shape index (κ1) is 11.9. The van der Waals surface area contributed by atoms with Crippen molar-refractivity contribution < 1.29 is 5.11 Å². The lowest BCUT2D eigenvalue weighted by Crippen LogP contribution is -2.24. The summed E-state index contributed by atoms with van der Waals surface area (Å²) < 4.78 is 3.21. The maximum Gasteiger partial charge on any atom is 0.137 e. The summed E-state index contributed by atoms with van der Waals surface area (Å²) in [5.41, 5.74) is 1.22. The molecule has 0 spiro atoms. The Bertz CT molecular complexity index is 550. The number of hydrogen-bond donors (Lipinski definition) is 1. The largest absolute Gasteiger partial charge is 0.393 e. The zero-order valence-corrected chi connectivity index (χ0v) is 11.5. The van der Waals surface area contributed by atoms with E-state index in [-0.39, 0.29) is 6.10 Å². The van der Waals surface area contributed by atoms with Crippen molar-refractivity contribution in [3.05, 3.63) is 46.0 Å². The third kappa shape index (κ3) is 2.33. The molecule has 1 aliphatic rings. The molecular weight excluding hydrogens is 294 g/mol. The fraction of sp³-hybridized carbons (Fsp3) is 0.385. The van der Waals surface area contributed by atoms with Crippen molar-refractivity contribution >= 4 is 15.9 Å². The minimum absolute atomic E-state index is 0.262. The second kappa shape index (κ2) is 4.82. The van der Waals surface area contributed by atoms with Crippen LogP contribution >= 0.6 is 15.9 Å². The summed E-state index contributed by atoms with van der Waals surface area (Å²) >= 11 is 3.43. The Morgan fingerprint density at radius 1 is 1.28 bits per heavy atom. The topological polar surface area (TPSA) is 50.9 Å². The van der Waals surface area contributed by atoms with Gasteiger partial charge in [0, 0.05) is 23.9 Å². The third-order valence-corrected chi connectivity index (χ3v) is 3.81. The standard InChI is InChI=1S/C13H14BrN3O/c14-10-3-1-9(2-4-10)7-12-15-16-13-8-11(18)5-6-17(12)13/h1-4,11,18H,5-8H2. The predicted molar refractivity (Wildman–Crippen MR) is 71.3 cm³/mol. The van der Waals surface area contributed by atoms with Crippen LogP contribution < -0.4 is 0 Å². The van der Waals surface area contributed by atoms with Crippen LogP contribution in [0, 0.1) is 0 Å². The predicted octanol–water partition coefficient (Wildman–Crippen LogP) is 1.94. The van der Waals surface area contributed by atoms with Crippen LogP contribution in [-0.4, -0.2) is 26.0 Å². The minimum Gasteiger partial charge on any atom is -0.393 e. The van der Waals surface area contributed by atoms with E-state index in [1.165, 1.54) is 5.56 Å². The van der Waals surface area contributed by atoms with Gasteiger partial charge in [0.05, 0.1) is 6.10 Å². The van der Waals surface area contributed by atoms with Gasteiger partial charge in [-0.05, 0) is 24.1 Å². The zero-order valence-electron chi connectivity index (χ0n) is 9.88. The van der Waals surface area contributed by atoms with Crippen molar-refractivity contribution in [2.24, 2.45) is 0 Å². The van der Waals surface area contributed by atoms with Crippen molar-refractivity contribution in [3.63, 3.8) is 0 Å². The second-order valence-electron chi connectivity index (χ2n) is 4.63. The maximum atomic E-state index is 9.60. The van der Waals surface area contributed by atoms with Gasteiger partial charge < -0.3 is 9.67 Å². The van der Waals surface area contributed by atoms with Gasteiger partial charge in [-0.1, -0.05) is 28.1 Å². The summed E-state index contributed by atoms with van der Waals surface area (Å²) in [5.74, 6) is 1.89. The molecule has 1 unspecified atom stereocenters. The van der Waals surface area contributed by atoms with E-state index in [2.05, 4.69) is 42.8 Å². The van der Waals surface area contributed by atoms with E-state index in [4.69, 9.17) is 0 Å².